The number of esters is 1. The molecule has 0 radical (unpaired) electrons. The lowest BCUT2D eigenvalue weighted by molar-refractivity contribution is -0.389. The molecule has 0 unspecified atom stereocenters. The molecule has 0 spiro atoms. The highest BCUT2D eigenvalue weighted by Crippen LogP contribution is 2.37. The van der Waals surface area contributed by atoms with Crippen LogP contribution in [0.25, 0.3) is 0 Å². The summed E-state index contributed by atoms with van der Waals surface area (Å²) in [6.45, 7) is 6.70. The van der Waals surface area contributed by atoms with Gasteiger partial charge in [0, 0.05) is 6.07 Å². The highest BCUT2D eigenvalue weighted by molar-refractivity contribution is 6.04. The van der Waals surface area contributed by atoms with Crippen LogP contribution >= 0.6 is 0 Å². The van der Waals surface area contributed by atoms with Gasteiger partial charge < -0.3 is 19.6 Å². The summed E-state index contributed by atoms with van der Waals surface area (Å²) in [5.74, 6) is -1.29. The van der Waals surface area contributed by atoms with Crippen LogP contribution in [0.15, 0.2) is 12.1 Å². The van der Waals surface area contributed by atoms with Gasteiger partial charge in [-0.25, -0.2) is 0 Å². The standard InChI is InChI=1S/C15H19N3O6/c1-9(2)8-23-12(19)7-17-13-10(24-15(3,4)14(17)20)5-6-11(16-13)18(21)22/h5-6,9H,7-8H2,1-4H3. The maximum Gasteiger partial charge on any atom is 0.366 e. The average Bonchev–Trinajstić information content (AvgIpc) is 2.49. The first-order valence-corrected chi connectivity index (χ1v) is 7.44. The molecular weight excluding hydrogens is 318 g/mol. The Morgan fingerprint density at radius 1 is 1.46 bits per heavy atom. The second-order valence-electron chi connectivity index (χ2n) is 6.33. The van der Waals surface area contributed by atoms with Crippen molar-refractivity contribution in [2.75, 3.05) is 18.1 Å². The molecule has 0 atom stereocenters. The van der Waals surface area contributed by atoms with Gasteiger partial charge in [0.15, 0.2) is 11.4 Å². The molecule has 1 aliphatic rings. The second kappa shape index (κ2) is 6.42. The first-order chi connectivity index (χ1) is 11.1. The van der Waals surface area contributed by atoms with Crippen LogP contribution in [0.5, 0.6) is 5.75 Å². The summed E-state index contributed by atoms with van der Waals surface area (Å²) in [6, 6.07) is 2.54. The molecule has 0 fully saturated rings. The zero-order valence-electron chi connectivity index (χ0n) is 13.9. The van der Waals surface area contributed by atoms with Crippen molar-refractivity contribution in [3.8, 4) is 5.75 Å². The minimum Gasteiger partial charge on any atom is -0.472 e. The minimum atomic E-state index is -1.22. The quantitative estimate of drug-likeness (QED) is 0.456. The maximum absolute atomic E-state index is 12.5. The van der Waals surface area contributed by atoms with Gasteiger partial charge in [0.2, 0.25) is 0 Å². The molecule has 0 bridgehead atoms. The molecule has 0 saturated carbocycles. The summed E-state index contributed by atoms with van der Waals surface area (Å²) < 4.78 is 10.6. The Hall–Kier alpha value is -2.71. The number of fused-ring (bicyclic) bond motifs is 1. The topological polar surface area (TPSA) is 112 Å². The van der Waals surface area contributed by atoms with Gasteiger partial charge in [-0.05, 0) is 35.7 Å². The Bertz CT molecular complexity index is 686. The van der Waals surface area contributed by atoms with E-state index in [0.717, 1.165) is 4.90 Å². The minimum absolute atomic E-state index is 0.0602. The van der Waals surface area contributed by atoms with Gasteiger partial charge in [-0.1, -0.05) is 13.8 Å². The van der Waals surface area contributed by atoms with Crippen LogP contribution in [0.2, 0.25) is 0 Å². The van der Waals surface area contributed by atoms with Crippen LogP contribution < -0.4 is 9.64 Å². The number of amides is 1. The molecule has 1 aliphatic heterocycles. The van der Waals surface area contributed by atoms with Crippen molar-refractivity contribution in [2.45, 2.75) is 33.3 Å². The zero-order valence-corrected chi connectivity index (χ0v) is 13.9. The first-order valence-electron chi connectivity index (χ1n) is 7.44. The van der Waals surface area contributed by atoms with E-state index in [9.17, 15) is 19.7 Å². The number of hydrogen-bond acceptors (Lipinski definition) is 7. The molecule has 1 amide bonds. The highest BCUT2D eigenvalue weighted by Gasteiger charge is 2.45. The van der Waals surface area contributed by atoms with E-state index in [-0.39, 0.29) is 30.6 Å². The Morgan fingerprint density at radius 3 is 2.71 bits per heavy atom. The summed E-state index contributed by atoms with van der Waals surface area (Å²) >= 11 is 0. The van der Waals surface area contributed by atoms with Crippen LogP contribution in [0.4, 0.5) is 11.6 Å². The molecule has 0 saturated heterocycles. The Morgan fingerprint density at radius 2 is 2.12 bits per heavy atom. The van der Waals surface area contributed by atoms with E-state index >= 15 is 0 Å². The molecule has 0 N–H and O–H groups in total. The average molecular weight is 337 g/mol. The highest BCUT2D eigenvalue weighted by atomic mass is 16.6. The molecule has 1 aromatic heterocycles. The summed E-state index contributed by atoms with van der Waals surface area (Å²) in [4.78, 5) is 39.7. The van der Waals surface area contributed by atoms with E-state index in [1.165, 1.54) is 12.1 Å². The van der Waals surface area contributed by atoms with Crippen LogP contribution in [-0.2, 0) is 14.3 Å². The Labute approximate surface area is 138 Å². The molecule has 2 rings (SSSR count). The van der Waals surface area contributed by atoms with Crippen molar-refractivity contribution in [1.29, 1.82) is 0 Å². The van der Waals surface area contributed by atoms with E-state index in [2.05, 4.69) is 4.98 Å². The van der Waals surface area contributed by atoms with E-state index in [1.54, 1.807) is 13.8 Å². The fourth-order valence-electron chi connectivity index (χ4n) is 2.12. The van der Waals surface area contributed by atoms with E-state index < -0.39 is 28.2 Å². The lowest BCUT2D eigenvalue weighted by Crippen LogP contribution is -2.54. The van der Waals surface area contributed by atoms with Gasteiger partial charge in [0.05, 0.1) is 6.61 Å². The normalized spacial score (nSPS) is 15.7. The lowest BCUT2D eigenvalue weighted by Gasteiger charge is -2.35. The molecule has 24 heavy (non-hydrogen) atoms. The van der Waals surface area contributed by atoms with Gasteiger partial charge in [-0.3, -0.25) is 14.5 Å². The molecule has 0 aromatic carbocycles. The number of nitrogens with zero attached hydrogens (tertiary/aromatic N) is 3. The van der Waals surface area contributed by atoms with Crippen molar-refractivity contribution in [2.24, 2.45) is 5.92 Å². The third kappa shape index (κ3) is 3.61. The van der Waals surface area contributed by atoms with Crippen molar-refractivity contribution in [3.63, 3.8) is 0 Å². The third-order valence-electron chi connectivity index (χ3n) is 3.26. The number of nitro groups is 1. The zero-order chi connectivity index (χ0) is 18.1. The lowest BCUT2D eigenvalue weighted by atomic mass is 10.1. The smallest absolute Gasteiger partial charge is 0.366 e. The SMILES string of the molecule is CC(C)COC(=O)CN1C(=O)C(C)(C)Oc2ccc([N+](=O)[O-])nc21. The van der Waals surface area contributed by atoms with Gasteiger partial charge in [0.25, 0.3) is 11.7 Å². The predicted molar refractivity (Wildman–Crippen MR) is 83.7 cm³/mol. The van der Waals surface area contributed by atoms with Crippen molar-refractivity contribution < 1.29 is 24.0 Å². The van der Waals surface area contributed by atoms with Crippen LogP contribution in [-0.4, -0.2) is 40.5 Å². The Balaban J connectivity index is 2.34. The number of pyridine rings is 1. The van der Waals surface area contributed by atoms with E-state index in [4.69, 9.17) is 9.47 Å². The summed E-state index contributed by atoms with van der Waals surface area (Å²) in [6.07, 6.45) is 0. The number of anilines is 1. The number of ether oxygens (including phenoxy) is 2. The van der Waals surface area contributed by atoms with Crippen molar-refractivity contribution in [3.05, 3.63) is 22.2 Å². The molecule has 9 nitrogen and oxygen atoms in total. The van der Waals surface area contributed by atoms with Gasteiger partial charge in [-0.2, -0.15) is 0 Å². The van der Waals surface area contributed by atoms with Gasteiger partial charge in [0.1, 0.15) is 6.54 Å². The number of carbonyl (C=O) groups is 2. The van der Waals surface area contributed by atoms with Crippen molar-refractivity contribution in [1.82, 2.24) is 4.98 Å². The number of rotatable bonds is 5. The van der Waals surface area contributed by atoms with Crippen LogP contribution in [0, 0.1) is 16.0 Å². The first kappa shape index (κ1) is 17.6. The molecule has 9 heteroatoms. The number of hydrogen-bond donors (Lipinski definition) is 0. The predicted octanol–water partition coefficient (Wildman–Crippen LogP) is 1.69. The molecule has 0 aliphatic carbocycles. The number of aromatic nitrogens is 1. The Kier molecular flexibility index (Phi) is 4.72. The van der Waals surface area contributed by atoms with Gasteiger partial charge in [-0.15, -0.1) is 0 Å². The fourth-order valence-corrected chi connectivity index (χ4v) is 2.12. The fraction of sp³-hybridized carbons (Fsp3) is 0.533. The molecule has 130 valence electrons. The van der Waals surface area contributed by atoms with E-state index in [0.29, 0.717) is 0 Å². The molecular formula is C15H19N3O6. The maximum atomic E-state index is 12.5. The van der Waals surface area contributed by atoms with Gasteiger partial charge >= 0.3 is 11.8 Å². The van der Waals surface area contributed by atoms with Crippen LogP contribution in [0.3, 0.4) is 0 Å². The second-order valence-corrected chi connectivity index (χ2v) is 6.33. The largest absolute Gasteiger partial charge is 0.472 e. The molecule has 2 heterocycles. The van der Waals surface area contributed by atoms with Crippen molar-refractivity contribution >= 4 is 23.5 Å². The summed E-state index contributed by atoms with van der Waals surface area (Å²) in [5.41, 5.74) is -1.22. The molecule has 1 aromatic rings. The van der Waals surface area contributed by atoms with E-state index in [1.807, 2.05) is 13.8 Å². The van der Waals surface area contributed by atoms with Crippen LogP contribution in [0.1, 0.15) is 27.7 Å². The summed E-state index contributed by atoms with van der Waals surface area (Å²) in [7, 11) is 0. The number of carbonyl (C=O) groups excluding carboxylic acids is 2. The summed E-state index contributed by atoms with van der Waals surface area (Å²) in [5, 5.41) is 10.9. The monoisotopic (exact) mass is 337 g/mol. The third-order valence-corrected chi connectivity index (χ3v) is 3.26.